The smallest absolute Gasteiger partial charge is 0.0709 e. The molecule has 2 nitrogen and oxygen atoms in total. The van der Waals surface area contributed by atoms with E-state index in [-0.39, 0.29) is 6.17 Å². The highest BCUT2D eigenvalue weighted by Crippen LogP contribution is 1.72. The molecule has 3 heteroatoms. The summed E-state index contributed by atoms with van der Waals surface area (Å²) in [4.78, 5) is 0. The minimum Gasteiger partial charge on any atom is -0.376 e. The summed E-state index contributed by atoms with van der Waals surface area (Å²) in [5, 5.41) is 4.42. The molecule has 0 spiro atoms. The van der Waals surface area contributed by atoms with E-state index in [1.165, 1.54) is 0 Å². The third-order valence-corrected chi connectivity index (χ3v) is 0.583. The molecule has 0 aliphatic heterocycles. The van der Waals surface area contributed by atoms with Gasteiger partial charge in [-0.2, -0.15) is 0 Å². The monoisotopic (exact) mass is 118 g/mol. The van der Waals surface area contributed by atoms with Gasteiger partial charge in [-0.25, -0.2) is 0 Å². The Morgan fingerprint density at radius 1 is 1.86 bits per heavy atom. The molecule has 0 aromatic heterocycles. The second kappa shape index (κ2) is 4.02. The minimum absolute atomic E-state index is 0.0170. The quantitative estimate of drug-likeness (QED) is 0.360. The van der Waals surface area contributed by atoms with Crippen LogP contribution in [0.5, 0.6) is 0 Å². The van der Waals surface area contributed by atoms with Gasteiger partial charge in [-0.05, 0) is 12.3 Å². The normalized spacial score (nSPS) is 14.7. The molecular formula is C4H10N2S. The lowest BCUT2D eigenvalue weighted by Gasteiger charge is -2.00. The molecule has 0 radical (unpaired) electrons. The zero-order valence-electron chi connectivity index (χ0n) is 4.26. The Labute approximate surface area is 49.2 Å². The molecule has 7 heavy (non-hydrogen) atoms. The first-order valence-corrected chi connectivity index (χ1v) is 2.60. The van der Waals surface area contributed by atoms with E-state index in [1.54, 1.807) is 11.6 Å². The van der Waals surface area contributed by atoms with Crippen molar-refractivity contribution in [3.8, 4) is 0 Å². The fourth-order valence-electron chi connectivity index (χ4n) is 0.195. The van der Waals surface area contributed by atoms with Crippen LogP contribution in [0.25, 0.3) is 0 Å². The minimum atomic E-state index is 0.0170. The second-order valence-electron chi connectivity index (χ2n) is 1.27. The van der Waals surface area contributed by atoms with Crippen molar-refractivity contribution in [2.75, 3.05) is 0 Å². The highest BCUT2D eigenvalue weighted by atomic mass is 32.1. The highest BCUT2D eigenvalue weighted by molar-refractivity contribution is 7.83. The van der Waals surface area contributed by atoms with E-state index in [4.69, 9.17) is 5.73 Å². The fraction of sp³-hybridized carbons (Fsp3) is 0.500. The van der Waals surface area contributed by atoms with Gasteiger partial charge < -0.3 is 11.1 Å². The lowest BCUT2D eigenvalue weighted by Crippen LogP contribution is -2.29. The number of hydrogen-bond donors (Lipinski definition) is 3. The van der Waals surface area contributed by atoms with Gasteiger partial charge in [0.15, 0.2) is 0 Å². The van der Waals surface area contributed by atoms with Gasteiger partial charge in [-0.1, -0.05) is 0 Å². The van der Waals surface area contributed by atoms with Crippen molar-refractivity contribution in [3.63, 3.8) is 0 Å². The van der Waals surface area contributed by atoms with Gasteiger partial charge >= 0.3 is 0 Å². The zero-order valence-corrected chi connectivity index (χ0v) is 5.15. The Hall–Kier alpha value is -0.150. The van der Waals surface area contributed by atoms with Crippen LogP contribution in [0, 0.1) is 0 Å². The fourth-order valence-corrected chi connectivity index (χ4v) is 0.281. The second-order valence-corrected chi connectivity index (χ2v) is 1.57. The Balaban J connectivity index is 2.97. The van der Waals surface area contributed by atoms with Crippen molar-refractivity contribution >= 4 is 12.6 Å². The maximum Gasteiger partial charge on any atom is 0.0709 e. The molecule has 0 amide bonds. The Morgan fingerprint density at radius 3 is 2.57 bits per heavy atom. The van der Waals surface area contributed by atoms with Crippen molar-refractivity contribution in [1.29, 1.82) is 0 Å². The van der Waals surface area contributed by atoms with Crippen molar-refractivity contribution in [1.82, 2.24) is 5.32 Å². The van der Waals surface area contributed by atoms with E-state index in [9.17, 15) is 0 Å². The first-order chi connectivity index (χ1) is 3.27. The Kier molecular flexibility index (Phi) is 3.93. The van der Waals surface area contributed by atoms with Gasteiger partial charge in [0.1, 0.15) is 0 Å². The molecule has 0 heterocycles. The predicted octanol–water partition coefficient (Wildman–Crippen LogP) is 0.282. The molecule has 3 N–H and O–H groups in total. The van der Waals surface area contributed by atoms with Crippen LogP contribution in [-0.4, -0.2) is 6.17 Å². The molecular weight excluding hydrogens is 108 g/mol. The van der Waals surface area contributed by atoms with E-state index in [0.717, 1.165) is 0 Å². The summed E-state index contributed by atoms with van der Waals surface area (Å²) < 4.78 is 0. The largest absolute Gasteiger partial charge is 0.376 e. The summed E-state index contributed by atoms with van der Waals surface area (Å²) in [5.41, 5.74) is 5.28. The van der Waals surface area contributed by atoms with E-state index in [2.05, 4.69) is 17.9 Å². The summed E-state index contributed by atoms with van der Waals surface area (Å²) >= 11 is 3.80. The van der Waals surface area contributed by atoms with E-state index >= 15 is 0 Å². The van der Waals surface area contributed by atoms with Gasteiger partial charge in [0.2, 0.25) is 0 Å². The number of nitrogens with two attached hydrogens (primary N) is 1. The SMILES string of the molecule is CC(N)N/C=C\S. The molecule has 0 bridgehead atoms. The average Bonchev–Trinajstić information content (AvgIpc) is 1.61. The van der Waals surface area contributed by atoms with Crippen LogP contribution in [-0.2, 0) is 0 Å². The van der Waals surface area contributed by atoms with Crippen LogP contribution >= 0.6 is 12.6 Å². The van der Waals surface area contributed by atoms with Crippen LogP contribution in [0.4, 0.5) is 0 Å². The highest BCUT2D eigenvalue weighted by Gasteiger charge is 1.79. The number of hydrogen-bond acceptors (Lipinski definition) is 3. The molecule has 0 aromatic carbocycles. The van der Waals surface area contributed by atoms with Crippen LogP contribution in [0.3, 0.4) is 0 Å². The van der Waals surface area contributed by atoms with Crippen molar-refractivity contribution in [2.45, 2.75) is 13.1 Å². The van der Waals surface area contributed by atoms with E-state index in [1.807, 2.05) is 6.92 Å². The topological polar surface area (TPSA) is 38.0 Å². The van der Waals surface area contributed by atoms with Crippen LogP contribution < -0.4 is 11.1 Å². The Morgan fingerprint density at radius 2 is 2.43 bits per heavy atom. The van der Waals surface area contributed by atoms with Gasteiger partial charge in [0.25, 0.3) is 0 Å². The maximum atomic E-state index is 5.28. The lowest BCUT2D eigenvalue weighted by molar-refractivity contribution is 0.671. The molecule has 1 atom stereocenters. The van der Waals surface area contributed by atoms with Gasteiger partial charge in [-0.3, -0.25) is 0 Å². The van der Waals surface area contributed by atoms with Crippen molar-refractivity contribution < 1.29 is 0 Å². The molecule has 1 unspecified atom stereocenters. The standard InChI is InChI=1S/C4H10N2S/c1-4(5)6-2-3-7/h2-4,6-7H,5H2,1H3/b3-2-. The molecule has 0 saturated carbocycles. The van der Waals surface area contributed by atoms with Crippen LogP contribution in [0.1, 0.15) is 6.92 Å². The first-order valence-electron chi connectivity index (χ1n) is 2.08. The molecule has 0 aliphatic carbocycles. The van der Waals surface area contributed by atoms with E-state index < -0.39 is 0 Å². The molecule has 0 saturated heterocycles. The number of thiol groups is 1. The van der Waals surface area contributed by atoms with Crippen molar-refractivity contribution in [2.24, 2.45) is 5.73 Å². The molecule has 0 aromatic rings. The third kappa shape index (κ3) is 5.85. The summed E-state index contributed by atoms with van der Waals surface area (Å²) in [7, 11) is 0. The predicted molar refractivity (Wildman–Crippen MR) is 34.9 cm³/mol. The zero-order chi connectivity index (χ0) is 5.70. The lowest BCUT2D eigenvalue weighted by atomic mass is 10.6. The maximum absolute atomic E-state index is 5.28. The number of nitrogens with one attached hydrogen (secondary N) is 1. The van der Waals surface area contributed by atoms with E-state index in [0.29, 0.717) is 0 Å². The third-order valence-electron chi connectivity index (χ3n) is 0.434. The summed E-state index contributed by atoms with van der Waals surface area (Å²) in [6, 6.07) is 0. The summed E-state index contributed by atoms with van der Waals surface area (Å²) in [5.74, 6) is 0. The average molecular weight is 118 g/mol. The first kappa shape index (κ1) is 6.85. The van der Waals surface area contributed by atoms with Crippen LogP contribution in [0.15, 0.2) is 11.6 Å². The molecule has 0 rings (SSSR count). The summed E-state index contributed by atoms with van der Waals surface area (Å²) in [6.07, 6.45) is 1.71. The summed E-state index contributed by atoms with van der Waals surface area (Å²) in [6.45, 7) is 1.85. The van der Waals surface area contributed by atoms with Gasteiger partial charge in [0, 0.05) is 6.20 Å². The number of rotatable bonds is 2. The molecule has 0 aliphatic rings. The molecule has 0 fully saturated rings. The van der Waals surface area contributed by atoms with Gasteiger partial charge in [-0.15, -0.1) is 12.6 Å². The molecule has 42 valence electrons. The van der Waals surface area contributed by atoms with Crippen molar-refractivity contribution in [3.05, 3.63) is 11.6 Å². The van der Waals surface area contributed by atoms with Gasteiger partial charge in [0.05, 0.1) is 6.17 Å². The van der Waals surface area contributed by atoms with Crippen LogP contribution in [0.2, 0.25) is 0 Å². The Bertz CT molecular complexity index is 60.7.